The summed E-state index contributed by atoms with van der Waals surface area (Å²) >= 11 is 1.23. The van der Waals surface area contributed by atoms with E-state index in [0.29, 0.717) is 29.0 Å². The van der Waals surface area contributed by atoms with Gasteiger partial charge in [0.25, 0.3) is 5.56 Å². The SMILES string of the molecule is O=c1c2ccccc2nc(SCc2cc(F)ccc2F)n1CCc1ccccc1. The molecule has 0 aliphatic heterocycles. The number of aromatic nitrogens is 2. The van der Waals surface area contributed by atoms with Crippen molar-refractivity contribution in [2.75, 3.05) is 0 Å². The largest absolute Gasteiger partial charge is 0.287 e. The van der Waals surface area contributed by atoms with Crippen molar-refractivity contribution in [1.29, 1.82) is 0 Å². The van der Waals surface area contributed by atoms with Gasteiger partial charge in [0.2, 0.25) is 0 Å². The van der Waals surface area contributed by atoms with E-state index in [1.807, 2.05) is 42.5 Å². The minimum absolute atomic E-state index is 0.131. The fourth-order valence-electron chi connectivity index (χ4n) is 3.14. The fourth-order valence-corrected chi connectivity index (χ4v) is 4.14. The van der Waals surface area contributed by atoms with E-state index in [2.05, 4.69) is 4.98 Å². The van der Waals surface area contributed by atoms with Gasteiger partial charge in [0.15, 0.2) is 5.16 Å². The summed E-state index contributed by atoms with van der Waals surface area (Å²) in [6.45, 7) is 0.453. The van der Waals surface area contributed by atoms with Gasteiger partial charge in [-0.3, -0.25) is 9.36 Å². The fraction of sp³-hybridized carbons (Fsp3) is 0.130. The maximum Gasteiger partial charge on any atom is 0.262 e. The van der Waals surface area contributed by atoms with Crippen molar-refractivity contribution in [3.63, 3.8) is 0 Å². The highest BCUT2D eigenvalue weighted by Crippen LogP contribution is 2.24. The van der Waals surface area contributed by atoms with Crippen LogP contribution in [0.4, 0.5) is 8.78 Å². The van der Waals surface area contributed by atoms with E-state index in [-0.39, 0.29) is 16.9 Å². The molecule has 3 nitrogen and oxygen atoms in total. The topological polar surface area (TPSA) is 34.9 Å². The molecule has 0 fully saturated rings. The van der Waals surface area contributed by atoms with Crippen LogP contribution in [-0.2, 0) is 18.7 Å². The molecule has 0 atom stereocenters. The molecular formula is C23H18F2N2OS. The molecule has 0 aliphatic carbocycles. The van der Waals surface area contributed by atoms with Gasteiger partial charge in [-0.15, -0.1) is 0 Å². The monoisotopic (exact) mass is 408 g/mol. The highest BCUT2D eigenvalue weighted by molar-refractivity contribution is 7.98. The summed E-state index contributed by atoms with van der Waals surface area (Å²) in [4.78, 5) is 17.7. The number of hydrogen-bond donors (Lipinski definition) is 0. The highest BCUT2D eigenvalue weighted by atomic mass is 32.2. The Balaban J connectivity index is 1.68. The lowest BCUT2D eigenvalue weighted by Gasteiger charge is -2.13. The van der Waals surface area contributed by atoms with E-state index >= 15 is 0 Å². The lowest BCUT2D eigenvalue weighted by molar-refractivity contribution is 0.588. The molecule has 0 amide bonds. The standard InChI is InChI=1S/C23H18F2N2OS/c24-18-10-11-20(25)17(14-18)15-29-23-26-21-9-5-4-8-19(21)22(28)27(23)13-12-16-6-2-1-3-7-16/h1-11,14H,12-13,15H2. The van der Waals surface area contributed by atoms with Crippen LogP contribution in [0.2, 0.25) is 0 Å². The van der Waals surface area contributed by atoms with Crippen LogP contribution in [0.3, 0.4) is 0 Å². The molecular weight excluding hydrogens is 390 g/mol. The van der Waals surface area contributed by atoms with Gasteiger partial charge >= 0.3 is 0 Å². The minimum atomic E-state index is -0.491. The number of thioether (sulfide) groups is 1. The normalized spacial score (nSPS) is 11.1. The third-order valence-corrected chi connectivity index (χ3v) is 5.68. The molecule has 4 aromatic rings. The smallest absolute Gasteiger partial charge is 0.262 e. The number of halogens is 2. The zero-order valence-corrected chi connectivity index (χ0v) is 16.3. The van der Waals surface area contributed by atoms with Gasteiger partial charge in [-0.25, -0.2) is 13.8 Å². The Hall–Kier alpha value is -2.99. The number of hydrogen-bond acceptors (Lipinski definition) is 3. The van der Waals surface area contributed by atoms with Crippen molar-refractivity contribution in [1.82, 2.24) is 9.55 Å². The number of nitrogens with zero attached hydrogens (tertiary/aromatic N) is 2. The molecule has 0 spiro atoms. The molecule has 6 heteroatoms. The summed E-state index contributed by atoms with van der Waals surface area (Å²) in [6, 6.07) is 20.4. The minimum Gasteiger partial charge on any atom is -0.287 e. The molecule has 29 heavy (non-hydrogen) atoms. The number of fused-ring (bicyclic) bond motifs is 1. The molecule has 0 saturated heterocycles. The van der Waals surface area contributed by atoms with Crippen LogP contribution in [0.25, 0.3) is 10.9 Å². The van der Waals surface area contributed by atoms with E-state index in [4.69, 9.17) is 0 Å². The van der Waals surface area contributed by atoms with Crippen molar-refractivity contribution in [2.45, 2.75) is 23.9 Å². The average molecular weight is 408 g/mol. The zero-order valence-electron chi connectivity index (χ0n) is 15.5. The first kappa shape index (κ1) is 19.3. The quantitative estimate of drug-likeness (QED) is 0.325. The maximum atomic E-state index is 14.0. The molecule has 0 bridgehead atoms. The zero-order chi connectivity index (χ0) is 20.2. The summed E-state index contributed by atoms with van der Waals surface area (Å²) in [5.41, 5.74) is 1.82. The number of rotatable bonds is 6. The number of benzene rings is 3. The second-order valence-corrected chi connectivity index (χ2v) is 7.57. The summed E-state index contributed by atoms with van der Waals surface area (Å²) in [7, 11) is 0. The maximum absolute atomic E-state index is 14.0. The predicted octanol–water partition coefficient (Wildman–Crippen LogP) is 5.21. The molecule has 0 saturated carbocycles. The van der Waals surface area contributed by atoms with Gasteiger partial charge in [-0.2, -0.15) is 0 Å². The predicted molar refractivity (Wildman–Crippen MR) is 112 cm³/mol. The first-order chi connectivity index (χ1) is 14.1. The lowest BCUT2D eigenvalue weighted by atomic mass is 10.1. The van der Waals surface area contributed by atoms with E-state index in [0.717, 1.165) is 17.7 Å². The van der Waals surface area contributed by atoms with Crippen LogP contribution in [0.1, 0.15) is 11.1 Å². The Morgan fingerprint density at radius 1 is 0.931 bits per heavy atom. The summed E-state index contributed by atoms with van der Waals surface area (Å²) in [5, 5.41) is 1.04. The number of para-hydroxylation sites is 1. The van der Waals surface area contributed by atoms with Crippen LogP contribution < -0.4 is 5.56 Å². The van der Waals surface area contributed by atoms with E-state index < -0.39 is 11.6 Å². The molecule has 146 valence electrons. The highest BCUT2D eigenvalue weighted by Gasteiger charge is 2.13. The Kier molecular flexibility index (Phi) is 5.71. The van der Waals surface area contributed by atoms with Crippen molar-refractivity contribution >= 4 is 22.7 Å². The van der Waals surface area contributed by atoms with Gasteiger partial charge in [-0.1, -0.05) is 54.2 Å². The first-order valence-corrected chi connectivity index (χ1v) is 10.2. The van der Waals surface area contributed by atoms with E-state index in [1.54, 1.807) is 16.7 Å². The summed E-state index contributed by atoms with van der Waals surface area (Å²) < 4.78 is 29.1. The molecule has 0 N–H and O–H groups in total. The summed E-state index contributed by atoms with van der Waals surface area (Å²) in [5.74, 6) is -0.785. The Morgan fingerprint density at radius 3 is 2.52 bits per heavy atom. The number of aryl methyl sites for hydroxylation is 1. The Bertz CT molecular complexity index is 1210. The Morgan fingerprint density at radius 2 is 1.69 bits per heavy atom. The van der Waals surface area contributed by atoms with E-state index in [9.17, 15) is 13.6 Å². The molecule has 1 aromatic heterocycles. The van der Waals surface area contributed by atoms with Gasteiger partial charge in [0, 0.05) is 17.9 Å². The third kappa shape index (κ3) is 4.38. The van der Waals surface area contributed by atoms with Crippen LogP contribution in [0, 0.1) is 11.6 Å². The third-order valence-electron chi connectivity index (χ3n) is 4.66. The van der Waals surface area contributed by atoms with Crippen molar-refractivity contribution in [3.8, 4) is 0 Å². The van der Waals surface area contributed by atoms with Crippen LogP contribution in [-0.4, -0.2) is 9.55 Å². The lowest BCUT2D eigenvalue weighted by Crippen LogP contribution is -2.24. The van der Waals surface area contributed by atoms with Gasteiger partial charge in [0.1, 0.15) is 11.6 Å². The second-order valence-electron chi connectivity index (χ2n) is 6.63. The van der Waals surface area contributed by atoms with Crippen molar-refractivity contribution < 1.29 is 8.78 Å². The van der Waals surface area contributed by atoms with Gasteiger partial charge in [0.05, 0.1) is 10.9 Å². The molecule has 4 rings (SSSR count). The molecule has 3 aromatic carbocycles. The van der Waals surface area contributed by atoms with Crippen molar-refractivity contribution in [2.24, 2.45) is 0 Å². The van der Waals surface area contributed by atoms with E-state index in [1.165, 1.54) is 17.8 Å². The first-order valence-electron chi connectivity index (χ1n) is 9.22. The van der Waals surface area contributed by atoms with Gasteiger partial charge in [-0.05, 0) is 42.3 Å². The molecule has 0 radical (unpaired) electrons. The van der Waals surface area contributed by atoms with Crippen molar-refractivity contribution in [3.05, 3.63) is 106 Å². The van der Waals surface area contributed by atoms with Crippen LogP contribution in [0.15, 0.2) is 82.7 Å². The summed E-state index contributed by atoms with van der Waals surface area (Å²) in [6.07, 6.45) is 0.669. The Labute approximate surface area is 171 Å². The molecule has 1 heterocycles. The van der Waals surface area contributed by atoms with Crippen LogP contribution in [0.5, 0.6) is 0 Å². The van der Waals surface area contributed by atoms with Gasteiger partial charge < -0.3 is 0 Å². The molecule has 0 unspecified atom stereocenters. The second kappa shape index (κ2) is 8.57. The average Bonchev–Trinajstić information content (AvgIpc) is 2.74. The molecule has 0 aliphatic rings. The van der Waals surface area contributed by atoms with Crippen LogP contribution >= 0.6 is 11.8 Å².